The highest BCUT2D eigenvalue weighted by Crippen LogP contribution is 2.44. The van der Waals surface area contributed by atoms with Gasteiger partial charge in [-0.2, -0.15) is 0 Å². The number of carbonyl (C=O) groups excluding carboxylic acids is 4. The topological polar surface area (TPSA) is 93.6 Å². The number of Topliss-reactive ketones (excluding diaryl/α,β-unsaturated/α-hetero) is 1. The highest BCUT2D eigenvalue weighted by Gasteiger charge is 2.52. The molecule has 2 heterocycles. The molecule has 1 saturated heterocycles. The van der Waals surface area contributed by atoms with Crippen molar-refractivity contribution in [2.24, 2.45) is 11.8 Å². The van der Waals surface area contributed by atoms with Gasteiger partial charge in [0, 0.05) is 30.6 Å². The minimum Gasteiger partial charge on any atom is -0.454 e. The molecule has 0 bridgehead atoms. The number of nitrogens with zero attached hydrogens (tertiary/aromatic N) is 2. The molecule has 5 aromatic rings. The predicted molar refractivity (Wildman–Crippen MR) is 196 cm³/mol. The molecule has 240 valence electrons. The number of ketones is 1. The Labute approximate surface area is 302 Å². The summed E-state index contributed by atoms with van der Waals surface area (Å²) in [4.78, 5) is 59.4. The molecule has 0 N–H and O–H groups in total. The third kappa shape index (κ3) is 6.29. The molecule has 4 atom stereocenters. The summed E-state index contributed by atoms with van der Waals surface area (Å²) in [7, 11) is 0. The van der Waals surface area contributed by atoms with Gasteiger partial charge in [0.25, 0.3) is 0 Å². The number of rotatable bonds is 7. The molecule has 1 aliphatic carbocycles. The van der Waals surface area contributed by atoms with E-state index in [0.717, 1.165) is 15.6 Å². The third-order valence-corrected chi connectivity index (χ3v) is 12.2. The van der Waals surface area contributed by atoms with Crippen molar-refractivity contribution in [3.05, 3.63) is 119 Å². The molecule has 7 nitrogen and oxygen atoms in total. The van der Waals surface area contributed by atoms with Crippen LogP contribution in [0.25, 0.3) is 33.3 Å². The average Bonchev–Trinajstić information content (AvgIpc) is 3.34. The van der Waals surface area contributed by atoms with E-state index < -0.39 is 12.6 Å². The highest BCUT2D eigenvalue weighted by molar-refractivity contribution is 9.12. The van der Waals surface area contributed by atoms with Gasteiger partial charge in [-0.15, -0.1) is 0 Å². The van der Waals surface area contributed by atoms with Crippen molar-refractivity contribution >= 4 is 87.9 Å². The van der Waals surface area contributed by atoms with Crippen molar-refractivity contribution in [1.29, 1.82) is 0 Å². The van der Waals surface area contributed by atoms with E-state index in [9.17, 15) is 19.2 Å². The van der Waals surface area contributed by atoms with E-state index in [-0.39, 0.29) is 44.7 Å². The normalized spacial score (nSPS) is 20.5. The van der Waals surface area contributed by atoms with Crippen LogP contribution in [0.4, 0.5) is 5.69 Å². The number of carbonyl (C=O) groups is 4. The van der Waals surface area contributed by atoms with Crippen molar-refractivity contribution in [2.45, 2.75) is 22.5 Å². The molecule has 2 amide bonds. The molecule has 48 heavy (non-hydrogen) atoms. The summed E-state index contributed by atoms with van der Waals surface area (Å²) in [5.74, 6) is -2.01. The number of anilines is 1. The van der Waals surface area contributed by atoms with Gasteiger partial charge in [-0.1, -0.05) is 115 Å². The number of fused-ring (bicyclic) bond motifs is 2. The quantitative estimate of drug-likeness (QED) is 0.0705. The summed E-state index contributed by atoms with van der Waals surface area (Å²) in [5, 5.41) is 0.570. The van der Waals surface area contributed by atoms with Gasteiger partial charge in [-0.25, -0.2) is 9.78 Å². The van der Waals surface area contributed by atoms with Gasteiger partial charge in [0.2, 0.25) is 11.8 Å². The smallest absolute Gasteiger partial charge is 0.339 e. The Bertz CT molecular complexity index is 2040. The van der Waals surface area contributed by atoms with Crippen LogP contribution < -0.4 is 4.90 Å². The zero-order valence-electron chi connectivity index (χ0n) is 25.3. The Hall–Kier alpha value is -3.99. The average molecular weight is 831 g/mol. The minimum absolute atomic E-state index is 0.128. The summed E-state index contributed by atoms with van der Waals surface area (Å²) in [6.45, 7) is -0.420. The first-order valence-corrected chi connectivity index (χ1v) is 18.0. The van der Waals surface area contributed by atoms with Gasteiger partial charge < -0.3 is 4.74 Å². The van der Waals surface area contributed by atoms with Gasteiger partial charge in [0.1, 0.15) is 0 Å². The van der Waals surface area contributed by atoms with Crippen LogP contribution in [0.5, 0.6) is 0 Å². The molecule has 1 aliphatic heterocycles. The number of hydrogen-bond acceptors (Lipinski definition) is 6. The lowest BCUT2D eigenvalue weighted by molar-refractivity contribution is -0.122. The largest absolute Gasteiger partial charge is 0.454 e. The molecule has 4 aromatic carbocycles. The maximum absolute atomic E-state index is 13.5. The monoisotopic (exact) mass is 828 g/mol. The Morgan fingerprint density at radius 1 is 0.750 bits per heavy atom. The van der Waals surface area contributed by atoms with E-state index in [2.05, 4.69) is 47.8 Å². The molecule has 2 fully saturated rings. The molecule has 10 heteroatoms. The number of imide groups is 1. The number of hydrogen-bond donors (Lipinski definition) is 0. The van der Waals surface area contributed by atoms with Gasteiger partial charge in [0.15, 0.2) is 12.4 Å². The number of halogens is 3. The third-order valence-electron chi connectivity index (χ3n) is 8.97. The SMILES string of the molecule is O=C(COC(=O)c1cc(-c2ccc(N3C(=O)C4CC(Br)C(Br)CC4C3=O)cc2)nc2ccc(Br)cc12)c1ccc(-c2ccccc2)cc1. The van der Waals surface area contributed by atoms with Gasteiger partial charge in [-0.05, 0) is 60.4 Å². The molecule has 0 spiro atoms. The first-order chi connectivity index (χ1) is 23.2. The molecule has 1 aromatic heterocycles. The molecule has 0 radical (unpaired) electrons. The highest BCUT2D eigenvalue weighted by atomic mass is 79.9. The number of aromatic nitrogens is 1. The van der Waals surface area contributed by atoms with Crippen molar-refractivity contribution in [2.75, 3.05) is 11.5 Å². The molecule has 2 aliphatic rings. The number of alkyl halides is 2. The van der Waals surface area contributed by atoms with E-state index >= 15 is 0 Å². The summed E-state index contributed by atoms with van der Waals surface area (Å²) >= 11 is 10.7. The number of benzene rings is 4. The van der Waals surface area contributed by atoms with Crippen LogP contribution in [0.1, 0.15) is 33.6 Å². The van der Waals surface area contributed by atoms with Crippen LogP contribution in [0.15, 0.2) is 108 Å². The van der Waals surface area contributed by atoms with Crippen molar-refractivity contribution in [3.63, 3.8) is 0 Å². The Morgan fingerprint density at radius 3 is 2.00 bits per heavy atom. The van der Waals surface area contributed by atoms with Crippen molar-refractivity contribution < 1.29 is 23.9 Å². The summed E-state index contributed by atoms with van der Waals surface area (Å²) in [6.07, 6.45) is 1.20. The minimum atomic E-state index is -0.654. The zero-order valence-corrected chi connectivity index (χ0v) is 30.1. The number of amides is 2. The van der Waals surface area contributed by atoms with E-state index in [1.807, 2.05) is 48.5 Å². The van der Waals surface area contributed by atoms with Crippen LogP contribution in [0, 0.1) is 11.8 Å². The first-order valence-electron chi connectivity index (χ1n) is 15.4. The lowest BCUT2D eigenvalue weighted by atomic mass is 9.81. The fourth-order valence-electron chi connectivity index (χ4n) is 6.42. The van der Waals surface area contributed by atoms with Gasteiger partial charge >= 0.3 is 5.97 Å². The number of ether oxygens (including phenoxy) is 1. The van der Waals surface area contributed by atoms with Crippen LogP contribution in [-0.2, 0) is 14.3 Å². The summed E-state index contributed by atoms with van der Waals surface area (Å²) in [6, 6.07) is 31.1. The van der Waals surface area contributed by atoms with Gasteiger partial charge in [0.05, 0.1) is 34.3 Å². The second kappa shape index (κ2) is 13.5. The predicted octanol–water partition coefficient (Wildman–Crippen LogP) is 8.80. The van der Waals surface area contributed by atoms with Crippen LogP contribution in [0.3, 0.4) is 0 Å². The Kier molecular flexibility index (Phi) is 9.15. The molecule has 4 unspecified atom stereocenters. The first kappa shape index (κ1) is 32.6. The molecule has 7 rings (SSSR count). The number of esters is 1. The molecular formula is C38H27Br3N2O5. The maximum Gasteiger partial charge on any atom is 0.339 e. The van der Waals surface area contributed by atoms with Crippen LogP contribution >= 0.6 is 47.8 Å². The summed E-state index contributed by atoms with van der Waals surface area (Å²) in [5.41, 5.74) is 4.98. The Morgan fingerprint density at radius 2 is 1.35 bits per heavy atom. The molecule has 1 saturated carbocycles. The maximum atomic E-state index is 13.5. The lowest BCUT2D eigenvalue weighted by Gasteiger charge is -2.29. The molecular weight excluding hydrogens is 804 g/mol. The van der Waals surface area contributed by atoms with E-state index in [1.165, 1.54) is 4.90 Å². The lowest BCUT2D eigenvalue weighted by Crippen LogP contribution is -2.34. The fraction of sp³-hybridized carbons (Fsp3) is 0.184. The summed E-state index contributed by atoms with van der Waals surface area (Å²) < 4.78 is 6.31. The second-order valence-corrected chi connectivity index (χ2v) is 15.2. The van der Waals surface area contributed by atoms with Crippen molar-refractivity contribution in [1.82, 2.24) is 4.98 Å². The van der Waals surface area contributed by atoms with E-state index in [1.54, 1.807) is 54.6 Å². The second-order valence-electron chi connectivity index (χ2n) is 11.9. The van der Waals surface area contributed by atoms with Crippen LogP contribution in [-0.4, -0.2) is 44.8 Å². The van der Waals surface area contributed by atoms with Gasteiger partial charge in [-0.3, -0.25) is 19.3 Å². The zero-order chi connectivity index (χ0) is 33.5. The number of pyridine rings is 1. The van der Waals surface area contributed by atoms with E-state index in [0.29, 0.717) is 46.3 Å². The van der Waals surface area contributed by atoms with E-state index in [4.69, 9.17) is 9.72 Å². The standard InChI is InChI=1S/C38H27Br3N2O5/c39-25-12-15-33-27(16-25)30(38(47)48-20-35(44)24-8-6-22(7-9-24)21-4-2-1-3-5-21)19-34(42-33)23-10-13-26(14-11-23)43-36(45)28-17-31(40)32(41)18-29(28)37(43)46/h1-16,19,28-29,31-32H,17-18,20H2. The fourth-order valence-corrected chi connectivity index (χ4v) is 8.02. The Balaban J connectivity index is 1.11. The van der Waals surface area contributed by atoms with Crippen LogP contribution in [0.2, 0.25) is 0 Å². The van der Waals surface area contributed by atoms with Crippen molar-refractivity contribution in [3.8, 4) is 22.4 Å².